The fraction of sp³-hybridized carbons (Fsp3) is 0.387. The summed E-state index contributed by atoms with van der Waals surface area (Å²) >= 11 is 0. The largest absolute Gasteiger partial charge is 0.382 e. The number of amides is 2. The number of hydrogen-bond acceptors (Lipinski definition) is 7. The van der Waals surface area contributed by atoms with Gasteiger partial charge in [-0.15, -0.1) is 0 Å². The molecule has 0 bridgehead atoms. The van der Waals surface area contributed by atoms with Crippen LogP contribution in [0.1, 0.15) is 60.0 Å². The Morgan fingerprint density at radius 2 is 1.95 bits per heavy atom. The zero-order valence-corrected chi connectivity index (χ0v) is 23.7. The number of likely N-dealkylation sites (tertiary alicyclic amines) is 1. The molecule has 2 saturated heterocycles. The van der Waals surface area contributed by atoms with Crippen LogP contribution in [-0.4, -0.2) is 62.4 Å². The summed E-state index contributed by atoms with van der Waals surface area (Å²) in [6, 6.07) is 11.1. The van der Waals surface area contributed by atoms with Crippen LogP contribution in [0.3, 0.4) is 0 Å². The summed E-state index contributed by atoms with van der Waals surface area (Å²) in [7, 11) is 0. The number of carbonyl (C=O) groups excluding carboxylic acids is 2. The van der Waals surface area contributed by atoms with E-state index < -0.39 is 5.41 Å². The SMILES string of the molecule is CCc1ccnc(NC(=O)c2ccc(-c3nc([C@@H]4CCCN(C(=O)C5(C)COC5)C4)n4c(C)cnc(N)c34)cc2)c1. The first kappa shape index (κ1) is 26.9. The maximum atomic E-state index is 13.3. The second kappa shape index (κ2) is 10.6. The molecule has 4 aromatic rings. The predicted molar refractivity (Wildman–Crippen MR) is 157 cm³/mol. The Morgan fingerprint density at radius 1 is 1.17 bits per heavy atom. The predicted octanol–water partition coefficient (Wildman–Crippen LogP) is 4.24. The highest BCUT2D eigenvalue weighted by atomic mass is 16.5. The third kappa shape index (κ3) is 4.93. The van der Waals surface area contributed by atoms with Crippen molar-refractivity contribution in [1.82, 2.24) is 24.3 Å². The number of aryl methyl sites for hydroxylation is 2. The quantitative estimate of drug-likeness (QED) is 0.366. The van der Waals surface area contributed by atoms with Gasteiger partial charge in [-0.1, -0.05) is 19.1 Å². The Morgan fingerprint density at radius 3 is 2.66 bits per heavy atom. The fourth-order valence-corrected chi connectivity index (χ4v) is 5.80. The van der Waals surface area contributed by atoms with E-state index in [9.17, 15) is 9.59 Å². The normalized spacial score (nSPS) is 18.2. The highest BCUT2D eigenvalue weighted by Gasteiger charge is 2.44. The van der Waals surface area contributed by atoms with Crippen LogP contribution < -0.4 is 11.1 Å². The number of rotatable bonds is 6. The number of pyridine rings is 1. The lowest BCUT2D eigenvalue weighted by molar-refractivity contribution is -0.169. The Kier molecular flexibility index (Phi) is 6.94. The second-order valence-corrected chi connectivity index (χ2v) is 11.4. The van der Waals surface area contributed by atoms with Crippen molar-refractivity contribution in [2.45, 2.75) is 46.0 Å². The number of fused-ring (bicyclic) bond motifs is 1. The molecular formula is C31H35N7O3. The number of benzene rings is 1. The van der Waals surface area contributed by atoms with E-state index in [1.54, 1.807) is 24.5 Å². The van der Waals surface area contributed by atoms with Gasteiger partial charge in [-0.3, -0.25) is 14.0 Å². The van der Waals surface area contributed by atoms with Crippen molar-refractivity contribution in [3.05, 3.63) is 71.4 Å². The average molecular weight is 554 g/mol. The molecule has 10 nitrogen and oxygen atoms in total. The summed E-state index contributed by atoms with van der Waals surface area (Å²) in [5.41, 5.74) is 10.8. The Labute approximate surface area is 239 Å². The van der Waals surface area contributed by atoms with Gasteiger partial charge in [-0.05, 0) is 62.9 Å². The molecular weight excluding hydrogens is 518 g/mol. The van der Waals surface area contributed by atoms with Crippen molar-refractivity contribution < 1.29 is 14.3 Å². The highest BCUT2D eigenvalue weighted by molar-refractivity contribution is 6.04. The smallest absolute Gasteiger partial charge is 0.256 e. The van der Waals surface area contributed by atoms with E-state index in [-0.39, 0.29) is 17.7 Å². The Balaban J connectivity index is 1.30. The number of nitrogens with zero attached hydrogens (tertiary/aromatic N) is 5. The molecule has 1 aromatic carbocycles. The molecule has 0 unspecified atom stereocenters. The molecule has 3 N–H and O–H groups in total. The van der Waals surface area contributed by atoms with Crippen molar-refractivity contribution in [3.8, 4) is 11.3 Å². The molecule has 0 spiro atoms. The monoisotopic (exact) mass is 553 g/mol. The molecule has 2 aliphatic heterocycles. The number of anilines is 2. The Bertz CT molecular complexity index is 1620. The van der Waals surface area contributed by atoms with Gasteiger partial charge in [0, 0.05) is 48.2 Å². The third-order valence-corrected chi connectivity index (χ3v) is 8.22. The van der Waals surface area contributed by atoms with Gasteiger partial charge in [0.15, 0.2) is 0 Å². The van der Waals surface area contributed by atoms with Crippen LogP contribution >= 0.6 is 0 Å². The number of hydrogen-bond donors (Lipinski definition) is 2. The molecule has 3 aromatic heterocycles. The summed E-state index contributed by atoms with van der Waals surface area (Å²) in [4.78, 5) is 42.0. The standard InChI is InChI=1S/C31H35N7O3/c1-4-20-11-12-33-24(14-20)35-29(39)22-9-7-21(8-10-22)25-26-27(32)34-15-19(2)38(26)28(36-25)23-6-5-13-37(16-23)30(40)31(3)17-41-18-31/h7-12,14-15,23H,4-6,13,16-18H2,1-3H3,(H2,32,34)(H,33,35,39)/t23-/m1/s1. The molecule has 2 aliphatic rings. The van der Waals surface area contributed by atoms with E-state index in [1.165, 1.54) is 0 Å². The van der Waals surface area contributed by atoms with Gasteiger partial charge in [-0.2, -0.15) is 0 Å². The molecule has 212 valence electrons. The first-order valence-electron chi connectivity index (χ1n) is 14.1. The summed E-state index contributed by atoms with van der Waals surface area (Å²) in [6.45, 7) is 8.31. The number of carbonyl (C=O) groups is 2. The van der Waals surface area contributed by atoms with E-state index in [0.717, 1.165) is 54.0 Å². The van der Waals surface area contributed by atoms with Gasteiger partial charge >= 0.3 is 0 Å². The van der Waals surface area contributed by atoms with Gasteiger partial charge in [0.1, 0.15) is 28.7 Å². The van der Waals surface area contributed by atoms with Gasteiger partial charge in [0.2, 0.25) is 5.91 Å². The van der Waals surface area contributed by atoms with Gasteiger partial charge in [0.05, 0.1) is 18.6 Å². The fourth-order valence-electron chi connectivity index (χ4n) is 5.80. The maximum Gasteiger partial charge on any atom is 0.256 e. The average Bonchev–Trinajstić information content (AvgIpc) is 3.40. The number of nitrogens with two attached hydrogens (primary N) is 1. The number of ether oxygens (including phenoxy) is 1. The lowest BCUT2D eigenvalue weighted by Crippen LogP contribution is -2.55. The highest BCUT2D eigenvalue weighted by Crippen LogP contribution is 2.37. The van der Waals surface area contributed by atoms with Gasteiger partial charge in [-0.25, -0.2) is 15.0 Å². The van der Waals surface area contributed by atoms with Crippen molar-refractivity contribution in [2.24, 2.45) is 5.41 Å². The Hall–Kier alpha value is -4.31. The second-order valence-electron chi connectivity index (χ2n) is 11.4. The lowest BCUT2D eigenvalue weighted by atomic mass is 9.85. The molecule has 0 radical (unpaired) electrons. The molecule has 2 fully saturated rings. The van der Waals surface area contributed by atoms with Crippen LogP contribution in [0.4, 0.5) is 11.6 Å². The molecule has 0 saturated carbocycles. The van der Waals surface area contributed by atoms with Crippen LogP contribution in [0.15, 0.2) is 48.8 Å². The summed E-state index contributed by atoms with van der Waals surface area (Å²) in [5, 5.41) is 2.88. The number of piperidine rings is 1. The summed E-state index contributed by atoms with van der Waals surface area (Å²) in [6.07, 6.45) is 6.13. The molecule has 10 heteroatoms. The minimum absolute atomic E-state index is 0.0514. The first-order valence-corrected chi connectivity index (χ1v) is 14.1. The van der Waals surface area contributed by atoms with Crippen LogP contribution in [0, 0.1) is 12.3 Å². The van der Waals surface area contributed by atoms with Crippen LogP contribution in [0.2, 0.25) is 0 Å². The molecule has 41 heavy (non-hydrogen) atoms. The van der Waals surface area contributed by atoms with Crippen molar-refractivity contribution in [3.63, 3.8) is 0 Å². The van der Waals surface area contributed by atoms with Gasteiger partial charge in [0.25, 0.3) is 5.91 Å². The topological polar surface area (TPSA) is 128 Å². The first-order chi connectivity index (χ1) is 19.8. The molecule has 2 amide bonds. The van der Waals surface area contributed by atoms with Crippen LogP contribution in [0.25, 0.3) is 16.8 Å². The van der Waals surface area contributed by atoms with E-state index >= 15 is 0 Å². The van der Waals surface area contributed by atoms with Crippen molar-refractivity contribution >= 4 is 29.0 Å². The summed E-state index contributed by atoms with van der Waals surface area (Å²) < 4.78 is 7.43. The molecule has 0 aliphatic carbocycles. The van der Waals surface area contributed by atoms with E-state index in [0.29, 0.717) is 42.7 Å². The lowest BCUT2D eigenvalue weighted by Gasteiger charge is -2.42. The number of aromatic nitrogens is 4. The zero-order chi connectivity index (χ0) is 28.7. The van der Waals surface area contributed by atoms with Crippen molar-refractivity contribution in [1.29, 1.82) is 0 Å². The van der Waals surface area contributed by atoms with E-state index in [2.05, 4.69) is 26.6 Å². The zero-order valence-electron chi connectivity index (χ0n) is 23.7. The molecule has 5 heterocycles. The minimum Gasteiger partial charge on any atom is -0.382 e. The molecule has 1 atom stereocenters. The maximum absolute atomic E-state index is 13.3. The van der Waals surface area contributed by atoms with Crippen molar-refractivity contribution in [2.75, 3.05) is 37.4 Å². The third-order valence-electron chi connectivity index (χ3n) is 8.22. The minimum atomic E-state index is -0.436. The molecule has 6 rings (SSSR count). The number of nitrogens with one attached hydrogen (secondary N) is 1. The van der Waals surface area contributed by atoms with E-state index in [4.69, 9.17) is 15.5 Å². The van der Waals surface area contributed by atoms with Crippen LogP contribution in [-0.2, 0) is 16.0 Å². The number of imidazole rings is 1. The van der Waals surface area contributed by atoms with Gasteiger partial charge < -0.3 is 20.7 Å². The summed E-state index contributed by atoms with van der Waals surface area (Å²) in [5.74, 6) is 1.75. The van der Waals surface area contributed by atoms with E-state index in [1.807, 2.05) is 43.0 Å². The number of nitrogen functional groups attached to an aromatic ring is 1. The van der Waals surface area contributed by atoms with Crippen LogP contribution in [0.5, 0.6) is 0 Å².